The van der Waals surface area contributed by atoms with Gasteiger partial charge < -0.3 is 19.5 Å². The zero-order chi connectivity index (χ0) is 17.5. The topological polar surface area (TPSA) is 72.5 Å². The van der Waals surface area contributed by atoms with E-state index in [4.69, 9.17) is 21.3 Å². The monoisotopic (exact) mass is 346 g/mol. The lowest BCUT2D eigenvalue weighted by molar-refractivity contribution is 0.205. The second-order valence-corrected chi connectivity index (χ2v) is 5.83. The molecule has 6 nitrogen and oxygen atoms in total. The third-order valence-corrected chi connectivity index (χ3v) is 3.62. The number of nitrogens with zero attached hydrogens (tertiary/aromatic N) is 3. The van der Waals surface area contributed by atoms with E-state index in [0.717, 1.165) is 5.69 Å². The van der Waals surface area contributed by atoms with E-state index in [1.165, 1.54) is 4.90 Å². The Hall–Kier alpha value is -2.65. The summed E-state index contributed by atoms with van der Waals surface area (Å²) in [5, 5.41) is 12.2. The summed E-state index contributed by atoms with van der Waals surface area (Å²) in [4.78, 5) is 16.1. The van der Waals surface area contributed by atoms with Crippen molar-refractivity contribution in [2.24, 2.45) is 0 Å². The first-order chi connectivity index (χ1) is 11.5. The Morgan fingerprint density at radius 2 is 2.17 bits per heavy atom. The van der Waals surface area contributed by atoms with Crippen molar-refractivity contribution in [1.82, 2.24) is 4.90 Å². The van der Waals surface area contributed by atoms with Gasteiger partial charge in [-0.3, -0.25) is 0 Å². The maximum absolute atomic E-state index is 12.6. The molecule has 2 amide bonds. The van der Waals surface area contributed by atoms with E-state index in [-0.39, 0.29) is 12.5 Å². The number of rotatable bonds is 6. The molecule has 0 aliphatic rings. The molecule has 7 heteroatoms. The van der Waals surface area contributed by atoms with E-state index in [1.54, 1.807) is 30.5 Å². The third-order valence-electron chi connectivity index (χ3n) is 3.39. The number of halogens is 1. The fourth-order valence-corrected chi connectivity index (χ4v) is 2.39. The van der Waals surface area contributed by atoms with Gasteiger partial charge in [-0.1, -0.05) is 11.6 Å². The Bertz CT molecular complexity index is 723. The van der Waals surface area contributed by atoms with Crippen LogP contribution in [0.3, 0.4) is 0 Å². The summed E-state index contributed by atoms with van der Waals surface area (Å²) >= 11 is 6.04. The van der Waals surface area contributed by atoms with E-state index in [1.807, 2.05) is 25.1 Å². The fraction of sp³-hybridized carbons (Fsp3) is 0.294. The predicted octanol–water partition coefficient (Wildman–Crippen LogP) is 3.95. The number of furan rings is 1. The molecular weight excluding hydrogens is 328 g/mol. The number of nitriles is 1. The molecule has 1 aromatic carbocycles. The van der Waals surface area contributed by atoms with Crippen LogP contribution >= 0.6 is 11.6 Å². The lowest BCUT2D eigenvalue weighted by atomic mass is 10.2. The highest BCUT2D eigenvalue weighted by Gasteiger charge is 2.17. The number of carbonyl (C=O) groups is 1. The number of amides is 2. The van der Waals surface area contributed by atoms with E-state index in [9.17, 15) is 4.79 Å². The minimum atomic E-state index is -0.313. The van der Waals surface area contributed by atoms with Gasteiger partial charge in [0.15, 0.2) is 0 Å². The van der Waals surface area contributed by atoms with Crippen molar-refractivity contribution in [3.8, 4) is 6.07 Å². The maximum Gasteiger partial charge on any atom is 0.322 e. The molecule has 1 aromatic heterocycles. The number of benzene rings is 1. The van der Waals surface area contributed by atoms with Gasteiger partial charge in [-0.25, -0.2) is 4.79 Å². The van der Waals surface area contributed by atoms with Crippen molar-refractivity contribution in [3.63, 3.8) is 0 Å². The van der Waals surface area contributed by atoms with E-state index in [2.05, 4.69) is 11.4 Å². The van der Waals surface area contributed by atoms with E-state index < -0.39 is 0 Å². The molecule has 0 atom stereocenters. The smallest absolute Gasteiger partial charge is 0.322 e. The fourth-order valence-electron chi connectivity index (χ4n) is 2.22. The molecule has 1 heterocycles. The van der Waals surface area contributed by atoms with Crippen molar-refractivity contribution < 1.29 is 9.21 Å². The van der Waals surface area contributed by atoms with Gasteiger partial charge in [0.1, 0.15) is 5.76 Å². The molecule has 126 valence electrons. The van der Waals surface area contributed by atoms with Gasteiger partial charge in [0, 0.05) is 25.7 Å². The highest BCUT2D eigenvalue weighted by Crippen LogP contribution is 2.28. The van der Waals surface area contributed by atoms with Gasteiger partial charge in [0.2, 0.25) is 0 Å². The van der Waals surface area contributed by atoms with Crippen molar-refractivity contribution in [3.05, 3.63) is 47.4 Å². The summed E-state index contributed by atoms with van der Waals surface area (Å²) < 4.78 is 5.29. The van der Waals surface area contributed by atoms with Crippen LogP contribution in [-0.4, -0.2) is 31.6 Å². The molecule has 0 aliphatic heterocycles. The molecule has 0 saturated carbocycles. The SMILES string of the molecule is CN(C)c1ccc(Cl)cc1NC(=O)N(CCC#N)Cc1ccco1. The first-order valence-corrected chi connectivity index (χ1v) is 7.81. The van der Waals surface area contributed by atoms with Crippen LogP contribution in [0.25, 0.3) is 0 Å². The average molecular weight is 347 g/mol. The van der Waals surface area contributed by atoms with Gasteiger partial charge in [-0.2, -0.15) is 5.26 Å². The second kappa shape index (κ2) is 8.27. The quantitative estimate of drug-likeness (QED) is 0.859. The molecular formula is C17H19ClN4O2. The van der Waals surface area contributed by atoms with E-state index in [0.29, 0.717) is 29.6 Å². The van der Waals surface area contributed by atoms with Crippen molar-refractivity contribution in [1.29, 1.82) is 5.26 Å². The largest absolute Gasteiger partial charge is 0.467 e. The molecule has 0 unspecified atom stereocenters. The lowest BCUT2D eigenvalue weighted by Crippen LogP contribution is -2.35. The van der Waals surface area contributed by atoms with Crippen LogP contribution in [0.5, 0.6) is 0 Å². The number of hydrogen-bond acceptors (Lipinski definition) is 4. The van der Waals surface area contributed by atoms with Crippen LogP contribution < -0.4 is 10.2 Å². The third kappa shape index (κ3) is 4.67. The van der Waals surface area contributed by atoms with E-state index >= 15 is 0 Å². The normalized spacial score (nSPS) is 10.1. The maximum atomic E-state index is 12.6. The summed E-state index contributed by atoms with van der Waals surface area (Å²) in [6, 6.07) is 10.6. The van der Waals surface area contributed by atoms with Gasteiger partial charge in [-0.15, -0.1) is 0 Å². The zero-order valence-corrected chi connectivity index (χ0v) is 14.4. The van der Waals surface area contributed by atoms with Crippen molar-refractivity contribution in [2.45, 2.75) is 13.0 Å². The van der Waals surface area contributed by atoms with Gasteiger partial charge in [0.05, 0.1) is 36.7 Å². The molecule has 0 fully saturated rings. The molecule has 2 rings (SSSR count). The predicted molar refractivity (Wildman–Crippen MR) is 94.1 cm³/mol. The summed E-state index contributed by atoms with van der Waals surface area (Å²) in [5.41, 5.74) is 1.45. The van der Waals surface area contributed by atoms with Crippen LogP contribution in [0, 0.1) is 11.3 Å². The summed E-state index contributed by atoms with van der Waals surface area (Å²) in [5.74, 6) is 0.655. The Kier molecular flexibility index (Phi) is 6.10. The number of carbonyl (C=O) groups excluding carboxylic acids is 1. The Morgan fingerprint density at radius 1 is 1.38 bits per heavy atom. The van der Waals surface area contributed by atoms with Crippen LogP contribution in [0.4, 0.5) is 16.2 Å². The lowest BCUT2D eigenvalue weighted by Gasteiger charge is -2.23. The van der Waals surface area contributed by atoms with Crippen LogP contribution in [0.2, 0.25) is 5.02 Å². The number of urea groups is 1. The highest BCUT2D eigenvalue weighted by molar-refractivity contribution is 6.31. The standard InChI is InChI=1S/C17H19ClN4O2/c1-21(2)16-7-6-13(18)11-15(16)20-17(23)22(9-4-8-19)12-14-5-3-10-24-14/h3,5-7,10-11H,4,9,12H2,1-2H3,(H,20,23). The summed E-state index contributed by atoms with van der Waals surface area (Å²) in [6.45, 7) is 0.597. The molecule has 1 N–H and O–H groups in total. The average Bonchev–Trinajstić information content (AvgIpc) is 3.04. The van der Waals surface area contributed by atoms with Gasteiger partial charge in [-0.05, 0) is 30.3 Å². The molecule has 0 bridgehead atoms. The number of nitrogens with one attached hydrogen (secondary N) is 1. The minimum Gasteiger partial charge on any atom is -0.467 e. The van der Waals surface area contributed by atoms with Gasteiger partial charge in [0.25, 0.3) is 0 Å². The molecule has 0 radical (unpaired) electrons. The molecule has 0 spiro atoms. The Balaban J connectivity index is 2.18. The highest BCUT2D eigenvalue weighted by atomic mass is 35.5. The van der Waals surface area contributed by atoms with Gasteiger partial charge >= 0.3 is 6.03 Å². The summed E-state index contributed by atoms with van der Waals surface area (Å²) in [6.07, 6.45) is 1.79. The number of hydrogen-bond donors (Lipinski definition) is 1. The minimum absolute atomic E-state index is 0.240. The molecule has 0 saturated heterocycles. The van der Waals surface area contributed by atoms with Crippen molar-refractivity contribution >= 4 is 29.0 Å². The zero-order valence-electron chi connectivity index (χ0n) is 13.6. The Labute approximate surface area is 146 Å². The van der Waals surface area contributed by atoms with Crippen molar-refractivity contribution in [2.75, 3.05) is 30.9 Å². The second-order valence-electron chi connectivity index (χ2n) is 5.40. The molecule has 0 aliphatic carbocycles. The van der Waals surface area contributed by atoms with Crippen LogP contribution in [0.1, 0.15) is 12.2 Å². The molecule has 24 heavy (non-hydrogen) atoms. The summed E-state index contributed by atoms with van der Waals surface area (Å²) in [7, 11) is 3.77. The van der Waals surface area contributed by atoms with Crippen LogP contribution in [-0.2, 0) is 6.54 Å². The van der Waals surface area contributed by atoms with Crippen LogP contribution in [0.15, 0.2) is 41.0 Å². The molecule has 2 aromatic rings. The Morgan fingerprint density at radius 3 is 2.79 bits per heavy atom. The first kappa shape index (κ1) is 17.7. The first-order valence-electron chi connectivity index (χ1n) is 7.43. The number of anilines is 2.